The van der Waals surface area contributed by atoms with Crippen LogP contribution in [0.2, 0.25) is 0 Å². The van der Waals surface area contributed by atoms with Gasteiger partial charge in [-0.15, -0.1) is 0 Å². The normalized spacial score (nSPS) is 22.0. The number of benzene rings is 2. The number of carbonyl (C=O) groups is 2. The molecule has 13 nitrogen and oxygen atoms in total. The van der Waals surface area contributed by atoms with Crippen molar-refractivity contribution in [1.29, 1.82) is 5.26 Å². The zero-order valence-electron chi connectivity index (χ0n) is 22.7. The van der Waals surface area contributed by atoms with E-state index in [-0.39, 0.29) is 51.9 Å². The van der Waals surface area contributed by atoms with Crippen LogP contribution in [0.5, 0.6) is 17.4 Å². The highest BCUT2D eigenvalue weighted by atomic mass is 32.2. The van der Waals surface area contributed by atoms with E-state index in [0.29, 0.717) is 10.1 Å². The number of carboxylic acids is 1. The van der Waals surface area contributed by atoms with Crippen molar-refractivity contribution in [2.75, 3.05) is 32.2 Å². The van der Waals surface area contributed by atoms with E-state index in [1.54, 1.807) is 0 Å². The van der Waals surface area contributed by atoms with E-state index >= 15 is 0 Å². The Kier molecular flexibility index (Phi) is 7.27. The lowest BCUT2D eigenvalue weighted by molar-refractivity contribution is -0.145. The van der Waals surface area contributed by atoms with Crippen LogP contribution in [0.15, 0.2) is 59.6 Å². The Morgan fingerprint density at radius 3 is 2.50 bits per heavy atom. The molecular formula is C28H26N4O9S. The third-order valence-electron chi connectivity index (χ3n) is 7.47. The summed E-state index contributed by atoms with van der Waals surface area (Å²) in [5, 5.41) is 30.6. The fourth-order valence-electron chi connectivity index (χ4n) is 5.71. The van der Waals surface area contributed by atoms with Gasteiger partial charge in [0.1, 0.15) is 22.4 Å². The van der Waals surface area contributed by atoms with Gasteiger partial charge in [0.25, 0.3) is 15.9 Å². The lowest BCUT2D eigenvalue weighted by atomic mass is 9.81. The maximum absolute atomic E-state index is 15.0. The Balaban J connectivity index is 1.88. The number of carboxylic acid groups (broad SMARTS) is 1. The van der Waals surface area contributed by atoms with E-state index in [1.807, 2.05) is 6.07 Å². The predicted octanol–water partition coefficient (Wildman–Crippen LogP) is 1.48. The summed E-state index contributed by atoms with van der Waals surface area (Å²) in [6.07, 6.45) is -0.000594. The SMILES string of the molecule is COc1ccc(S(=O)(=O)N2C(=O)C(c3cccnc3OC)(N3C[C@H](O)C[C@H]3C(=O)O)c3cc(C#N)ccc32)c(OC)c1. The number of fused-ring (bicyclic) bond motifs is 1. The van der Waals surface area contributed by atoms with Gasteiger partial charge < -0.3 is 24.4 Å². The third-order valence-corrected chi connectivity index (χ3v) is 9.20. The summed E-state index contributed by atoms with van der Waals surface area (Å²) >= 11 is 0. The molecule has 5 rings (SSSR count). The summed E-state index contributed by atoms with van der Waals surface area (Å²) in [6.45, 7) is -0.309. The number of hydrogen-bond donors (Lipinski definition) is 2. The maximum Gasteiger partial charge on any atom is 0.321 e. The first kappa shape index (κ1) is 28.8. The molecule has 0 spiro atoms. The number of methoxy groups -OCH3 is 3. The highest BCUT2D eigenvalue weighted by Crippen LogP contribution is 2.54. The molecule has 1 unspecified atom stereocenters. The molecule has 3 heterocycles. The number of β-amino-alcohol motifs (C(OH)–C–C–N with tert-alkyl or cyclic N) is 1. The molecule has 1 amide bonds. The van der Waals surface area contributed by atoms with Gasteiger partial charge in [0.15, 0.2) is 5.54 Å². The summed E-state index contributed by atoms with van der Waals surface area (Å²) in [4.78, 5) is 32.5. The van der Waals surface area contributed by atoms with Gasteiger partial charge in [0, 0.05) is 36.4 Å². The Bertz CT molecular complexity index is 1740. The van der Waals surface area contributed by atoms with E-state index in [0.717, 1.165) is 0 Å². The number of likely N-dealkylation sites (tertiary alicyclic amines) is 1. The van der Waals surface area contributed by atoms with Crippen molar-refractivity contribution in [3.8, 4) is 23.4 Å². The molecule has 3 atom stereocenters. The number of ether oxygens (including phenoxy) is 3. The number of nitrogens with zero attached hydrogens (tertiary/aromatic N) is 4. The van der Waals surface area contributed by atoms with E-state index in [1.165, 1.54) is 81.0 Å². The first-order valence-electron chi connectivity index (χ1n) is 12.6. The molecule has 0 radical (unpaired) electrons. The fraction of sp³-hybridized carbons (Fsp3) is 0.286. The summed E-state index contributed by atoms with van der Waals surface area (Å²) in [7, 11) is -0.782. The average Bonchev–Trinajstić information content (AvgIpc) is 3.51. The topological polar surface area (TPSA) is 180 Å². The quantitative estimate of drug-likeness (QED) is 0.384. The number of aliphatic carboxylic acids is 1. The van der Waals surface area contributed by atoms with Crippen LogP contribution < -0.4 is 18.5 Å². The minimum atomic E-state index is -4.75. The molecule has 14 heteroatoms. The first-order valence-corrected chi connectivity index (χ1v) is 14.0. The van der Waals surface area contributed by atoms with Crippen molar-refractivity contribution in [3.63, 3.8) is 0 Å². The van der Waals surface area contributed by atoms with Gasteiger partial charge in [-0.25, -0.2) is 17.7 Å². The van der Waals surface area contributed by atoms with Crippen molar-refractivity contribution in [2.24, 2.45) is 0 Å². The molecule has 1 aromatic heterocycles. The highest BCUT2D eigenvalue weighted by molar-refractivity contribution is 7.93. The Morgan fingerprint density at radius 2 is 1.86 bits per heavy atom. The number of anilines is 1. The molecule has 0 aliphatic carbocycles. The van der Waals surface area contributed by atoms with Crippen LogP contribution in [0.25, 0.3) is 0 Å². The van der Waals surface area contributed by atoms with Crippen LogP contribution >= 0.6 is 0 Å². The van der Waals surface area contributed by atoms with Gasteiger partial charge in [-0.2, -0.15) is 5.26 Å². The smallest absolute Gasteiger partial charge is 0.321 e. The fourth-order valence-corrected chi connectivity index (χ4v) is 7.31. The lowest BCUT2D eigenvalue weighted by Crippen LogP contribution is -2.58. The molecule has 0 bridgehead atoms. The third kappa shape index (κ3) is 4.13. The van der Waals surface area contributed by atoms with Crippen LogP contribution in [-0.4, -0.2) is 80.4 Å². The van der Waals surface area contributed by atoms with Crippen LogP contribution in [-0.2, 0) is 25.2 Å². The average molecular weight is 595 g/mol. The summed E-state index contributed by atoms with van der Waals surface area (Å²) in [6, 6.07) is 11.5. The molecule has 218 valence electrons. The summed E-state index contributed by atoms with van der Waals surface area (Å²) in [5.74, 6) is -2.28. The molecule has 2 aliphatic rings. The van der Waals surface area contributed by atoms with E-state index < -0.39 is 39.6 Å². The van der Waals surface area contributed by atoms with E-state index in [4.69, 9.17) is 14.2 Å². The summed E-state index contributed by atoms with van der Waals surface area (Å²) < 4.78 is 45.4. The largest absolute Gasteiger partial charge is 0.497 e. The number of pyridine rings is 1. The monoisotopic (exact) mass is 594 g/mol. The number of hydrogen-bond acceptors (Lipinski definition) is 11. The van der Waals surface area contributed by atoms with Gasteiger partial charge in [-0.3, -0.25) is 14.5 Å². The molecular weight excluding hydrogens is 568 g/mol. The van der Waals surface area contributed by atoms with Gasteiger partial charge >= 0.3 is 5.97 Å². The number of aliphatic hydroxyl groups excluding tert-OH is 1. The Morgan fingerprint density at radius 1 is 1.10 bits per heavy atom. The van der Waals surface area contributed by atoms with Gasteiger partial charge in [0.05, 0.1) is 44.8 Å². The predicted molar refractivity (Wildman–Crippen MR) is 146 cm³/mol. The van der Waals surface area contributed by atoms with E-state index in [9.17, 15) is 33.5 Å². The molecule has 3 aromatic rings. The van der Waals surface area contributed by atoms with Crippen molar-refractivity contribution in [3.05, 3.63) is 71.4 Å². The highest BCUT2D eigenvalue weighted by Gasteiger charge is 2.64. The van der Waals surface area contributed by atoms with E-state index in [2.05, 4.69) is 4.98 Å². The van der Waals surface area contributed by atoms with Crippen LogP contribution in [0, 0.1) is 11.3 Å². The minimum absolute atomic E-state index is 0.00857. The molecule has 1 saturated heterocycles. The van der Waals surface area contributed by atoms with Crippen LogP contribution in [0.3, 0.4) is 0 Å². The van der Waals surface area contributed by atoms with Crippen LogP contribution in [0.1, 0.15) is 23.1 Å². The number of aliphatic hydroxyl groups is 1. The molecule has 42 heavy (non-hydrogen) atoms. The minimum Gasteiger partial charge on any atom is -0.497 e. The standard InChI is InChI=1S/C28H26N4O9S/c1-39-18-7-9-24(23(13-18)40-2)42(37,38)32-21-8-6-16(14-29)11-20(21)28(27(32)36,19-5-4-10-30-25(19)41-3)31-15-17(33)12-22(31)26(34)35/h4-11,13,17,22,33H,12,15H2,1-3H3,(H,34,35)/t17-,22+,28?/m1/s1. The number of amides is 1. The van der Waals surface area contributed by atoms with Crippen molar-refractivity contribution in [2.45, 2.75) is 29.0 Å². The second-order valence-electron chi connectivity index (χ2n) is 9.60. The number of nitriles is 1. The number of aromatic nitrogens is 1. The second kappa shape index (κ2) is 10.6. The second-order valence-corrected chi connectivity index (χ2v) is 11.4. The number of rotatable bonds is 8. The molecule has 2 N–H and O–H groups in total. The first-order chi connectivity index (χ1) is 20.1. The molecule has 2 aliphatic heterocycles. The lowest BCUT2D eigenvalue weighted by Gasteiger charge is -2.40. The van der Waals surface area contributed by atoms with Crippen molar-refractivity contribution >= 4 is 27.6 Å². The number of sulfonamides is 1. The van der Waals surface area contributed by atoms with Gasteiger partial charge in [-0.1, -0.05) is 0 Å². The zero-order valence-corrected chi connectivity index (χ0v) is 23.5. The number of carbonyl (C=O) groups excluding carboxylic acids is 1. The Hall–Kier alpha value is -4.71. The Labute approximate surface area is 241 Å². The zero-order chi connectivity index (χ0) is 30.4. The van der Waals surface area contributed by atoms with Crippen LogP contribution in [0.4, 0.5) is 5.69 Å². The van der Waals surface area contributed by atoms with Gasteiger partial charge in [-0.05, 0) is 42.5 Å². The molecule has 0 saturated carbocycles. The molecule has 1 fully saturated rings. The maximum atomic E-state index is 15.0. The summed E-state index contributed by atoms with van der Waals surface area (Å²) in [5.41, 5.74) is -2.17. The van der Waals surface area contributed by atoms with Crippen molar-refractivity contribution < 1.29 is 42.4 Å². The van der Waals surface area contributed by atoms with Gasteiger partial charge in [0.2, 0.25) is 5.88 Å². The molecule has 2 aromatic carbocycles. The van der Waals surface area contributed by atoms with Crippen molar-refractivity contribution in [1.82, 2.24) is 9.88 Å².